The quantitative estimate of drug-likeness (QED) is 0.526. The van der Waals surface area contributed by atoms with Crippen molar-refractivity contribution in [2.45, 2.75) is 19.8 Å². The van der Waals surface area contributed by atoms with Gasteiger partial charge in [0.25, 0.3) is 5.91 Å². The second-order valence-corrected chi connectivity index (χ2v) is 8.46. The van der Waals surface area contributed by atoms with Crippen LogP contribution < -0.4 is 10.1 Å². The van der Waals surface area contributed by atoms with E-state index < -0.39 is 0 Å². The van der Waals surface area contributed by atoms with Crippen LogP contribution in [0.1, 0.15) is 28.8 Å². The fourth-order valence-corrected chi connectivity index (χ4v) is 3.87. The number of halogens is 1. The van der Waals surface area contributed by atoms with Gasteiger partial charge in [0, 0.05) is 29.4 Å². The van der Waals surface area contributed by atoms with Crippen molar-refractivity contribution in [2.24, 2.45) is 5.92 Å². The molecule has 4 rings (SSSR count). The van der Waals surface area contributed by atoms with Crippen LogP contribution in [0.2, 0.25) is 5.02 Å². The summed E-state index contributed by atoms with van der Waals surface area (Å²) in [7, 11) is 0. The van der Waals surface area contributed by atoms with Crippen LogP contribution in [0.3, 0.4) is 0 Å². The second-order valence-electron chi connectivity index (χ2n) is 8.03. The summed E-state index contributed by atoms with van der Waals surface area (Å²) in [5.74, 6) is 1.07. The number of carbonyl (C=O) groups is 2. The first kappa shape index (κ1) is 21.9. The van der Waals surface area contributed by atoms with E-state index >= 15 is 0 Å². The number of anilines is 1. The number of amides is 2. The van der Waals surface area contributed by atoms with E-state index in [0.717, 1.165) is 18.6 Å². The van der Waals surface area contributed by atoms with Gasteiger partial charge in [0.05, 0.1) is 5.92 Å². The zero-order valence-electron chi connectivity index (χ0n) is 17.9. The minimum atomic E-state index is -0.247. The van der Waals surface area contributed by atoms with Gasteiger partial charge in [-0.1, -0.05) is 29.3 Å². The number of likely N-dealkylation sites (tertiary alicyclic amines) is 1. The molecule has 0 radical (unpaired) electrons. The van der Waals surface area contributed by atoms with E-state index in [1.54, 1.807) is 29.2 Å². The maximum atomic E-state index is 12.8. The fourth-order valence-electron chi connectivity index (χ4n) is 3.74. The topological polar surface area (TPSA) is 58.6 Å². The lowest BCUT2D eigenvalue weighted by Crippen LogP contribution is -2.43. The fraction of sp³-hybridized carbons (Fsp3) is 0.231. The predicted molar refractivity (Wildman–Crippen MR) is 126 cm³/mol. The monoisotopic (exact) mass is 448 g/mol. The zero-order chi connectivity index (χ0) is 22.5. The molecule has 0 spiro atoms. The number of benzene rings is 3. The highest BCUT2D eigenvalue weighted by molar-refractivity contribution is 6.30. The average Bonchev–Trinajstić information content (AvgIpc) is 2.82. The predicted octanol–water partition coefficient (Wildman–Crippen LogP) is 5.93. The lowest BCUT2D eigenvalue weighted by molar-refractivity contribution is -0.121. The number of hydrogen-bond donors (Lipinski definition) is 1. The lowest BCUT2D eigenvalue weighted by Gasteiger charge is -2.32. The van der Waals surface area contributed by atoms with Crippen LogP contribution in [-0.4, -0.2) is 29.8 Å². The third kappa shape index (κ3) is 5.48. The van der Waals surface area contributed by atoms with Crippen molar-refractivity contribution in [3.63, 3.8) is 0 Å². The molecular formula is C26H25ClN2O3. The summed E-state index contributed by atoms with van der Waals surface area (Å²) < 4.78 is 5.83. The zero-order valence-corrected chi connectivity index (χ0v) is 18.6. The van der Waals surface area contributed by atoms with Crippen molar-refractivity contribution < 1.29 is 14.3 Å². The number of nitrogens with zero attached hydrogens (tertiary/aromatic N) is 1. The van der Waals surface area contributed by atoms with Gasteiger partial charge in [-0.15, -0.1) is 0 Å². The van der Waals surface area contributed by atoms with Crippen molar-refractivity contribution in [1.82, 2.24) is 4.90 Å². The molecule has 1 saturated heterocycles. The van der Waals surface area contributed by atoms with Crippen LogP contribution >= 0.6 is 11.6 Å². The molecule has 5 nitrogen and oxygen atoms in total. The van der Waals surface area contributed by atoms with Crippen LogP contribution in [0.15, 0.2) is 72.8 Å². The first-order valence-electron chi connectivity index (χ1n) is 10.7. The molecule has 2 amide bonds. The molecule has 3 aromatic carbocycles. The molecule has 1 fully saturated rings. The molecule has 0 unspecified atom stereocenters. The van der Waals surface area contributed by atoms with Gasteiger partial charge < -0.3 is 15.0 Å². The number of aryl methyl sites for hydroxylation is 1. The Morgan fingerprint density at radius 3 is 2.22 bits per heavy atom. The van der Waals surface area contributed by atoms with Gasteiger partial charge in [0.2, 0.25) is 5.91 Å². The summed E-state index contributed by atoms with van der Waals surface area (Å²) in [6.07, 6.45) is 1.55. The molecule has 0 aromatic heterocycles. The van der Waals surface area contributed by atoms with Crippen LogP contribution in [0, 0.1) is 12.8 Å². The van der Waals surface area contributed by atoms with Gasteiger partial charge in [0.1, 0.15) is 11.5 Å². The highest BCUT2D eigenvalue weighted by Crippen LogP contribution is 2.25. The van der Waals surface area contributed by atoms with Gasteiger partial charge in [-0.3, -0.25) is 9.59 Å². The normalized spacial score (nSPS) is 15.8. The molecule has 6 heteroatoms. The Morgan fingerprint density at radius 2 is 1.56 bits per heavy atom. The van der Waals surface area contributed by atoms with Crippen molar-refractivity contribution in [3.8, 4) is 11.5 Å². The summed E-state index contributed by atoms with van der Waals surface area (Å²) in [4.78, 5) is 27.4. The molecule has 0 aliphatic carbocycles. The molecule has 1 N–H and O–H groups in total. The first-order valence-corrected chi connectivity index (χ1v) is 11.1. The summed E-state index contributed by atoms with van der Waals surface area (Å²) in [6.45, 7) is 3.08. The molecule has 3 aromatic rings. The van der Waals surface area contributed by atoms with Crippen molar-refractivity contribution in [2.75, 3.05) is 18.4 Å². The third-order valence-electron chi connectivity index (χ3n) is 5.55. The summed E-state index contributed by atoms with van der Waals surface area (Å²) in [5, 5.41) is 3.56. The number of hydrogen-bond acceptors (Lipinski definition) is 3. The van der Waals surface area contributed by atoms with E-state index in [0.29, 0.717) is 35.1 Å². The largest absolute Gasteiger partial charge is 0.457 e. The molecule has 0 saturated carbocycles. The van der Waals surface area contributed by atoms with E-state index in [-0.39, 0.29) is 17.7 Å². The van der Waals surface area contributed by atoms with Gasteiger partial charge >= 0.3 is 0 Å². The number of nitrogens with one attached hydrogen (secondary N) is 1. The number of rotatable bonds is 5. The Balaban J connectivity index is 1.34. The van der Waals surface area contributed by atoms with E-state index in [9.17, 15) is 9.59 Å². The van der Waals surface area contributed by atoms with Crippen LogP contribution in [0.25, 0.3) is 0 Å². The number of carbonyl (C=O) groups excluding carboxylic acids is 2. The lowest BCUT2D eigenvalue weighted by atomic mass is 9.96. The van der Waals surface area contributed by atoms with Gasteiger partial charge in [-0.25, -0.2) is 0 Å². The highest BCUT2D eigenvalue weighted by Gasteiger charge is 2.29. The van der Waals surface area contributed by atoms with Crippen molar-refractivity contribution >= 4 is 29.1 Å². The minimum absolute atomic E-state index is 0.0724. The van der Waals surface area contributed by atoms with E-state index in [4.69, 9.17) is 16.3 Å². The summed E-state index contributed by atoms with van der Waals surface area (Å²) >= 11 is 5.91. The molecule has 1 aliphatic rings. The molecule has 1 aliphatic heterocycles. The molecule has 164 valence electrons. The Labute approximate surface area is 193 Å². The molecular weight excluding hydrogens is 424 g/mol. The Morgan fingerprint density at radius 1 is 0.938 bits per heavy atom. The average molecular weight is 449 g/mol. The van der Waals surface area contributed by atoms with Gasteiger partial charge in [-0.2, -0.15) is 0 Å². The Kier molecular flexibility index (Phi) is 6.76. The maximum Gasteiger partial charge on any atom is 0.253 e. The minimum Gasteiger partial charge on any atom is -0.457 e. The summed E-state index contributed by atoms with van der Waals surface area (Å²) in [6, 6.07) is 22.0. The molecule has 1 atom stereocenters. The van der Waals surface area contributed by atoms with E-state index in [2.05, 4.69) is 5.32 Å². The maximum absolute atomic E-state index is 12.8. The van der Waals surface area contributed by atoms with Gasteiger partial charge in [0.15, 0.2) is 0 Å². The molecule has 0 bridgehead atoms. The smallest absolute Gasteiger partial charge is 0.253 e. The first-order chi connectivity index (χ1) is 15.5. The van der Waals surface area contributed by atoms with E-state index in [1.165, 1.54) is 5.56 Å². The molecule has 1 heterocycles. The number of piperidine rings is 1. The van der Waals surface area contributed by atoms with E-state index in [1.807, 2.05) is 55.5 Å². The third-order valence-corrected chi connectivity index (χ3v) is 5.80. The van der Waals surface area contributed by atoms with Crippen molar-refractivity contribution in [1.29, 1.82) is 0 Å². The standard InChI is InChI=1S/C26H25ClN2O3/c1-18-4-12-23(13-5-18)32-24-14-10-22(11-15-24)28-25(30)20-3-2-16-29(17-20)26(31)19-6-8-21(27)9-7-19/h4-15,20H,2-3,16-17H2,1H3,(H,28,30)/t20-/m0/s1. The summed E-state index contributed by atoms with van der Waals surface area (Å²) in [5.41, 5.74) is 2.46. The van der Waals surface area contributed by atoms with Crippen LogP contribution in [0.5, 0.6) is 11.5 Å². The van der Waals surface area contributed by atoms with Crippen LogP contribution in [-0.2, 0) is 4.79 Å². The Hall–Kier alpha value is -3.31. The SMILES string of the molecule is Cc1ccc(Oc2ccc(NC(=O)[C@H]3CCCN(C(=O)c4ccc(Cl)cc4)C3)cc2)cc1. The van der Waals surface area contributed by atoms with Crippen molar-refractivity contribution in [3.05, 3.63) is 88.9 Å². The second kappa shape index (κ2) is 9.88. The number of ether oxygens (including phenoxy) is 1. The highest BCUT2D eigenvalue weighted by atomic mass is 35.5. The molecule has 32 heavy (non-hydrogen) atoms. The van der Waals surface area contributed by atoms with Gasteiger partial charge in [-0.05, 0) is 80.4 Å². The van der Waals surface area contributed by atoms with Crippen LogP contribution in [0.4, 0.5) is 5.69 Å². The Bertz CT molecular complexity index is 1080.